The summed E-state index contributed by atoms with van der Waals surface area (Å²) in [5, 5.41) is 9.07. The van der Waals surface area contributed by atoms with E-state index in [1.54, 1.807) is 0 Å². The molecule has 0 aromatic heterocycles. The number of halogens is 2. The third-order valence-corrected chi connectivity index (χ3v) is 6.32. The number of rotatable bonds is 3. The fourth-order valence-corrected chi connectivity index (χ4v) is 4.50. The minimum absolute atomic E-state index is 0.00454. The molecule has 0 unspecified atom stereocenters. The normalized spacial score (nSPS) is 17.1. The van der Waals surface area contributed by atoms with Crippen molar-refractivity contribution in [1.29, 1.82) is 0 Å². The van der Waals surface area contributed by atoms with Crippen LogP contribution in [0.15, 0.2) is 21.5 Å². The molecule has 0 radical (unpaired) electrons. The molecule has 1 aliphatic heterocycles. The number of benzene rings is 1. The van der Waals surface area contributed by atoms with Gasteiger partial charge in [0, 0.05) is 17.6 Å². The summed E-state index contributed by atoms with van der Waals surface area (Å²) in [7, 11) is -3.68. The van der Waals surface area contributed by atoms with Gasteiger partial charge in [-0.05, 0) is 40.9 Å². The van der Waals surface area contributed by atoms with E-state index in [1.165, 1.54) is 10.4 Å². The molecule has 20 heavy (non-hydrogen) atoms. The first-order valence-electron chi connectivity index (χ1n) is 6.06. The zero-order chi connectivity index (χ0) is 14.9. The quantitative estimate of drug-likeness (QED) is 0.872. The van der Waals surface area contributed by atoms with Crippen LogP contribution in [0.2, 0.25) is 5.02 Å². The third kappa shape index (κ3) is 3.00. The van der Waals surface area contributed by atoms with Crippen LogP contribution < -0.4 is 0 Å². The molecule has 1 heterocycles. The Labute approximate surface area is 130 Å². The van der Waals surface area contributed by atoms with Gasteiger partial charge >= 0.3 is 5.97 Å². The van der Waals surface area contributed by atoms with E-state index < -0.39 is 16.0 Å². The number of aromatic carboxylic acids is 1. The molecule has 5 nitrogen and oxygen atoms in total. The van der Waals surface area contributed by atoms with Crippen molar-refractivity contribution in [2.75, 3.05) is 13.1 Å². The predicted octanol–water partition coefficient (Wildman–Crippen LogP) is 2.98. The molecule has 1 aromatic carbocycles. The Bertz CT molecular complexity index is 641. The van der Waals surface area contributed by atoms with Crippen LogP contribution in [0, 0.1) is 0 Å². The van der Waals surface area contributed by atoms with Crippen LogP contribution in [0.1, 0.15) is 29.6 Å². The Balaban J connectivity index is 2.49. The fraction of sp³-hybridized carbons (Fsp3) is 0.417. The Morgan fingerprint density at radius 2 is 1.85 bits per heavy atom. The average molecular weight is 383 g/mol. The first-order valence-corrected chi connectivity index (χ1v) is 8.67. The molecule has 0 atom stereocenters. The van der Waals surface area contributed by atoms with Crippen molar-refractivity contribution in [1.82, 2.24) is 4.31 Å². The predicted molar refractivity (Wildman–Crippen MR) is 78.7 cm³/mol. The highest BCUT2D eigenvalue weighted by Crippen LogP contribution is 2.31. The van der Waals surface area contributed by atoms with Gasteiger partial charge in [0.05, 0.1) is 15.5 Å². The Morgan fingerprint density at radius 3 is 2.40 bits per heavy atom. The topological polar surface area (TPSA) is 74.7 Å². The van der Waals surface area contributed by atoms with E-state index in [0.717, 1.165) is 25.3 Å². The van der Waals surface area contributed by atoms with E-state index in [2.05, 4.69) is 15.9 Å². The summed E-state index contributed by atoms with van der Waals surface area (Å²) in [5.41, 5.74) is -0.225. The SMILES string of the molecule is O=C(O)c1cc(S(=O)(=O)N2CCCCC2)cc(Br)c1Cl. The number of sulfonamides is 1. The summed E-state index contributed by atoms with van der Waals surface area (Å²) in [4.78, 5) is 11.1. The molecule has 1 fully saturated rings. The van der Waals surface area contributed by atoms with Crippen LogP contribution in [0.3, 0.4) is 0 Å². The molecule has 1 aromatic rings. The molecule has 2 rings (SSSR count). The van der Waals surface area contributed by atoms with Crippen LogP contribution >= 0.6 is 27.5 Å². The molecule has 110 valence electrons. The lowest BCUT2D eigenvalue weighted by atomic mass is 10.2. The van der Waals surface area contributed by atoms with Crippen LogP contribution in [0.5, 0.6) is 0 Å². The molecule has 1 aliphatic rings. The van der Waals surface area contributed by atoms with Crippen molar-refractivity contribution in [3.63, 3.8) is 0 Å². The van der Waals surface area contributed by atoms with E-state index in [-0.39, 0.29) is 20.0 Å². The van der Waals surface area contributed by atoms with Gasteiger partial charge in [0.2, 0.25) is 10.0 Å². The number of carboxylic acids is 1. The Hall–Kier alpha value is -0.630. The number of carboxylic acid groups (broad SMARTS) is 1. The average Bonchev–Trinajstić information content (AvgIpc) is 2.42. The van der Waals surface area contributed by atoms with Crippen molar-refractivity contribution in [3.05, 3.63) is 27.2 Å². The van der Waals surface area contributed by atoms with Crippen molar-refractivity contribution >= 4 is 43.5 Å². The van der Waals surface area contributed by atoms with Gasteiger partial charge in [0.25, 0.3) is 0 Å². The first-order chi connectivity index (χ1) is 9.34. The monoisotopic (exact) mass is 381 g/mol. The minimum atomic E-state index is -3.68. The van der Waals surface area contributed by atoms with Crippen LogP contribution in [0.4, 0.5) is 0 Å². The van der Waals surface area contributed by atoms with Gasteiger partial charge in [-0.25, -0.2) is 13.2 Å². The maximum absolute atomic E-state index is 12.5. The second-order valence-corrected chi connectivity index (χ2v) is 7.71. The molecule has 0 saturated carbocycles. The van der Waals surface area contributed by atoms with Gasteiger partial charge < -0.3 is 5.11 Å². The standard InChI is InChI=1S/C12H13BrClNO4S/c13-10-7-8(6-9(11(10)14)12(16)17)20(18,19)15-4-2-1-3-5-15/h6-7H,1-5H2,(H,16,17). The van der Waals surface area contributed by atoms with E-state index in [1.807, 2.05) is 0 Å². The Kier molecular flexibility index (Phi) is 4.73. The maximum Gasteiger partial charge on any atom is 0.337 e. The lowest BCUT2D eigenvalue weighted by molar-refractivity contribution is 0.0696. The fourth-order valence-electron chi connectivity index (χ4n) is 2.12. The summed E-state index contributed by atoms with van der Waals surface area (Å²) in [6.07, 6.45) is 2.65. The smallest absolute Gasteiger partial charge is 0.337 e. The summed E-state index contributed by atoms with van der Waals surface area (Å²) < 4.78 is 26.6. The Morgan fingerprint density at radius 1 is 1.25 bits per heavy atom. The highest BCUT2D eigenvalue weighted by molar-refractivity contribution is 9.10. The van der Waals surface area contributed by atoms with E-state index in [4.69, 9.17) is 16.7 Å². The van der Waals surface area contributed by atoms with Gasteiger partial charge in [-0.1, -0.05) is 18.0 Å². The summed E-state index contributed by atoms with van der Waals surface area (Å²) in [5.74, 6) is -1.26. The second-order valence-electron chi connectivity index (χ2n) is 4.54. The minimum Gasteiger partial charge on any atom is -0.478 e. The number of carbonyl (C=O) groups is 1. The lowest BCUT2D eigenvalue weighted by Gasteiger charge is -2.26. The number of nitrogens with zero attached hydrogens (tertiary/aromatic N) is 1. The molecule has 0 aliphatic carbocycles. The first kappa shape index (κ1) is 15.8. The molecule has 1 N–H and O–H groups in total. The van der Waals surface area contributed by atoms with Crippen molar-refractivity contribution in [3.8, 4) is 0 Å². The highest BCUT2D eigenvalue weighted by Gasteiger charge is 2.28. The van der Waals surface area contributed by atoms with Gasteiger partial charge in [-0.15, -0.1) is 0 Å². The van der Waals surface area contributed by atoms with Gasteiger partial charge in [-0.2, -0.15) is 4.31 Å². The van der Waals surface area contributed by atoms with Crippen molar-refractivity contribution in [2.24, 2.45) is 0 Å². The number of hydrogen-bond donors (Lipinski definition) is 1. The molecule has 0 bridgehead atoms. The lowest BCUT2D eigenvalue weighted by Crippen LogP contribution is -2.35. The molecular formula is C12H13BrClNO4S. The largest absolute Gasteiger partial charge is 0.478 e. The molecule has 8 heteroatoms. The summed E-state index contributed by atoms with van der Waals surface area (Å²) in [6.45, 7) is 0.927. The second kappa shape index (κ2) is 6.01. The van der Waals surface area contributed by atoms with Crippen molar-refractivity contribution in [2.45, 2.75) is 24.2 Å². The summed E-state index contributed by atoms with van der Waals surface area (Å²) >= 11 is 8.96. The van der Waals surface area contributed by atoms with E-state index in [9.17, 15) is 13.2 Å². The van der Waals surface area contributed by atoms with Gasteiger partial charge in [-0.3, -0.25) is 0 Å². The van der Waals surface area contributed by atoms with Crippen LogP contribution in [0.25, 0.3) is 0 Å². The van der Waals surface area contributed by atoms with Gasteiger partial charge in [0.1, 0.15) is 0 Å². The van der Waals surface area contributed by atoms with Crippen molar-refractivity contribution < 1.29 is 18.3 Å². The number of hydrogen-bond acceptors (Lipinski definition) is 3. The van der Waals surface area contributed by atoms with E-state index in [0.29, 0.717) is 13.1 Å². The highest BCUT2D eigenvalue weighted by atomic mass is 79.9. The van der Waals surface area contributed by atoms with E-state index >= 15 is 0 Å². The van der Waals surface area contributed by atoms with Crippen LogP contribution in [-0.2, 0) is 10.0 Å². The zero-order valence-electron chi connectivity index (χ0n) is 10.5. The molecular weight excluding hydrogens is 370 g/mol. The molecule has 0 spiro atoms. The van der Waals surface area contributed by atoms with Crippen LogP contribution in [-0.4, -0.2) is 36.9 Å². The molecule has 1 saturated heterocycles. The third-order valence-electron chi connectivity index (χ3n) is 3.18. The zero-order valence-corrected chi connectivity index (χ0v) is 13.6. The molecule has 0 amide bonds. The summed E-state index contributed by atoms with van der Waals surface area (Å²) in [6, 6.07) is 2.46. The maximum atomic E-state index is 12.5. The number of piperidine rings is 1. The van der Waals surface area contributed by atoms with Gasteiger partial charge in [0.15, 0.2) is 0 Å².